The summed E-state index contributed by atoms with van der Waals surface area (Å²) in [6.07, 6.45) is 0. The van der Waals surface area contributed by atoms with E-state index < -0.39 is 5.95 Å². The lowest BCUT2D eigenvalue weighted by molar-refractivity contribution is -0.678. The number of likely N-dealkylation sites (N-methyl/N-ethyl adjacent to an activating group) is 1. The Balaban J connectivity index is 1.68. The maximum absolute atomic E-state index is 12.2. The van der Waals surface area contributed by atoms with E-state index >= 15 is 0 Å². The predicted molar refractivity (Wildman–Crippen MR) is 85.9 cm³/mol. The van der Waals surface area contributed by atoms with Crippen molar-refractivity contribution in [2.45, 2.75) is 6.54 Å². The fourth-order valence-electron chi connectivity index (χ4n) is 2.25. The molecule has 2 aromatic carbocycles. The number of nitrogens with zero attached hydrogens (tertiary/aromatic N) is 3. The number of carbonyl (C=O) groups is 1. The van der Waals surface area contributed by atoms with E-state index in [4.69, 9.17) is 9.26 Å². The Labute approximate surface area is 144 Å². The van der Waals surface area contributed by atoms with Crippen molar-refractivity contribution in [1.82, 2.24) is 10.2 Å². The molecule has 0 aliphatic rings. The van der Waals surface area contributed by atoms with Gasteiger partial charge in [0.15, 0.2) is 12.6 Å². The summed E-state index contributed by atoms with van der Waals surface area (Å²) >= 11 is 0. The number of amides is 1. The van der Waals surface area contributed by atoms with Crippen LogP contribution < -0.4 is 14.5 Å². The second-order valence-electron chi connectivity index (χ2n) is 5.41. The molecule has 7 heteroatoms. The molecule has 3 aromatic rings. The fourth-order valence-corrected chi connectivity index (χ4v) is 2.25. The van der Waals surface area contributed by atoms with Crippen molar-refractivity contribution < 1.29 is 23.8 Å². The van der Waals surface area contributed by atoms with Crippen molar-refractivity contribution >= 4 is 5.91 Å². The summed E-state index contributed by atoms with van der Waals surface area (Å²) in [5.41, 5.74) is 0.950. The normalized spacial score (nSPS) is 10.4. The van der Waals surface area contributed by atoms with Crippen molar-refractivity contribution in [3.8, 4) is 17.4 Å². The maximum Gasteiger partial charge on any atom is 0.260 e. The van der Waals surface area contributed by atoms with Crippen molar-refractivity contribution in [1.29, 1.82) is 0 Å². The Morgan fingerprint density at radius 1 is 1.16 bits per heavy atom. The lowest BCUT2D eigenvalue weighted by Crippen LogP contribution is -2.41. The largest absolute Gasteiger partial charge is 0.539 e. The van der Waals surface area contributed by atoms with Crippen LogP contribution in [-0.4, -0.2) is 29.7 Å². The molecule has 128 valence electrons. The smallest absolute Gasteiger partial charge is 0.260 e. The summed E-state index contributed by atoms with van der Waals surface area (Å²) in [5.74, 6) is -0.227. The molecule has 7 nitrogen and oxygen atoms in total. The monoisotopic (exact) mass is 339 g/mol. The summed E-state index contributed by atoms with van der Waals surface area (Å²) in [6, 6.07) is 18.2. The first-order valence-electron chi connectivity index (χ1n) is 7.70. The van der Waals surface area contributed by atoms with Gasteiger partial charge in [0, 0.05) is 19.2 Å². The van der Waals surface area contributed by atoms with Crippen molar-refractivity contribution in [3.63, 3.8) is 0 Å². The molecular weight excluding hydrogens is 322 g/mol. The molecule has 25 heavy (non-hydrogen) atoms. The minimum atomic E-state index is -0.576. The number of ether oxygens (including phenoxy) is 1. The minimum Gasteiger partial charge on any atom is -0.539 e. The van der Waals surface area contributed by atoms with Gasteiger partial charge in [0.05, 0.1) is 5.27 Å². The fraction of sp³-hybridized carbons (Fsp3) is 0.167. The average Bonchev–Trinajstić information content (AvgIpc) is 3.02. The van der Waals surface area contributed by atoms with E-state index in [1.807, 2.05) is 36.4 Å². The molecule has 0 aliphatic carbocycles. The number of benzene rings is 2. The third-order valence-corrected chi connectivity index (χ3v) is 3.62. The highest BCUT2D eigenvalue weighted by atomic mass is 16.6. The Bertz CT molecular complexity index is 834. The summed E-state index contributed by atoms with van der Waals surface area (Å²) < 4.78 is 11.6. The Morgan fingerprint density at radius 3 is 2.48 bits per heavy atom. The molecule has 0 fully saturated rings. The van der Waals surface area contributed by atoms with Gasteiger partial charge in [-0.15, -0.1) is 0 Å². The van der Waals surface area contributed by atoms with E-state index in [2.05, 4.69) is 5.27 Å². The zero-order valence-corrected chi connectivity index (χ0v) is 13.7. The van der Waals surface area contributed by atoms with E-state index in [0.717, 1.165) is 0 Å². The highest BCUT2D eigenvalue weighted by Crippen LogP contribution is 2.13. The van der Waals surface area contributed by atoms with Gasteiger partial charge in [-0.05, 0) is 16.8 Å². The molecule has 0 N–H and O–H groups in total. The molecule has 0 aliphatic heterocycles. The van der Waals surface area contributed by atoms with Crippen LogP contribution >= 0.6 is 0 Å². The second kappa shape index (κ2) is 7.48. The van der Waals surface area contributed by atoms with Gasteiger partial charge < -0.3 is 19.3 Å². The summed E-state index contributed by atoms with van der Waals surface area (Å²) in [4.78, 5) is 13.6. The van der Waals surface area contributed by atoms with E-state index in [1.165, 1.54) is 9.58 Å². The highest BCUT2D eigenvalue weighted by Gasteiger charge is 2.23. The van der Waals surface area contributed by atoms with Gasteiger partial charge in [0.1, 0.15) is 12.3 Å². The first-order valence-corrected chi connectivity index (χ1v) is 7.70. The number of carbonyl (C=O) groups excluding carboxylic acids is 1. The molecule has 3 rings (SSSR count). The molecule has 0 bridgehead atoms. The van der Waals surface area contributed by atoms with Gasteiger partial charge in [-0.1, -0.05) is 36.4 Å². The second-order valence-corrected chi connectivity index (χ2v) is 5.41. The number of para-hydroxylation sites is 2. The molecule has 0 atom stereocenters. The van der Waals surface area contributed by atoms with Gasteiger partial charge >= 0.3 is 0 Å². The minimum absolute atomic E-state index is 0.0637. The van der Waals surface area contributed by atoms with Gasteiger partial charge in [0.25, 0.3) is 11.6 Å². The zero-order chi connectivity index (χ0) is 17.6. The summed E-state index contributed by atoms with van der Waals surface area (Å²) in [5, 5.41) is 15.7. The van der Waals surface area contributed by atoms with Crippen LogP contribution in [0.3, 0.4) is 0 Å². The topological polar surface area (TPSA) is 82.5 Å². The first-order chi connectivity index (χ1) is 12.1. The van der Waals surface area contributed by atoms with Crippen LogP contribution in [0.4, 0.5) is 0 Å². The number of rotatable bonds is 6. The van der Waals surface area contributed by atoms with E-state index in [0.29, 0.717) is 11.4 Å². The number of aromatic nitrogens is 2. The summed E-state index contributed by atoms with van der Waals surface area (Å²) in [7, 11) is 1.60. The van der Waals surface area contributed by atoms with Gasteiger partial charge in [0.2, 0.25) is 5.69 Å². The van der Waals surface area contributed by atoms with Crippen molar-refractivity contribution in [3.05, 3.63) is 66.4 Å². The Hall–Kier alpha value is -3.35. The molecule has 0 radical (unpaired) electrons. The van der Waals surface area contributed by atoms with Gasteiger partial charge in [-0.2, -0.15) is 0 Å². The maximum atomic E-state index is 12.2. The molecular formula is C18H17N3O4. The van der Waals surface area contributed by atoms with E-state index in [9.17, 15) is 9.90 Å². The standard InChI is InChI=1S/C18H17N3O4/c1-20(17(22)13-24-15-10-6-3-7-11-15)12-16-18(23)25-19-21(16)14-8-4-2-5-9-14/h2-11H,12-13H2,1H3. The van der Waals surface area contributed by atoms with Crippen LogP contribution in [0.2, 0.25) is 0 Å². The summed E-state index contributed by atoms with van der Waals surface area (Å²) in [6.45, 7) is -0.0560. The van der Waals surface area contributed by atoms with Crippen molar-refractivity contribution in [2.24, 2.45) is 0 Å². The molecule has 0 saturated carbocycles. The predicted octanol–water partition coefficient (Wildman–Crippen LogP) is 1.06. The van der Waals surface area contributed by atoms with Crippen LogP contribution in [0.5, 0.6) is 11.7 Å². The highest BCUT2D eigenvalue weighted by molar-refractivity contribution is 5.77. The van der Waals surface area contributed by atoms with Gasteiger partial charge in [-0.25, -0.2) is 0 Å². The molecule has 0 spiro atoms. The van der Waals surface area contributed by atoms with Crippen LogP contribution in [-0.2, 0) is 11.3 Å². The van der Waals surface area contributed by atoms with E-state index in [-0.39, 0.29) is 24.8 Å². The average molecular weight is 339 g/mol. The zero-order valence-electron chi connectivity index (χ0n) is 13.7. The Kier molecular flexibility index (Phi) is 4.94. The Morgan fingerprint density at radius 2 is 1.80 bits per heavy atom. The molecule has 1 heterocycles. The van der Waals surface area contributed by atoms with E-state index in [1.54, 1.807) is 31.3 Å². The molecule has 0 saturated heterocycles. The third kappa shape index (κ3) is 3.95. The van der Waals surface area contributed by atoms with Crippen molar-refractivity contribution in [2.75, 3.05) is 13.7 Å². The number of hydrogen-bond acceptors (Lipinski definition) is 5. The van der Waals surface area contributed by atoms with Crippen LogP contribution in [0, 0.1) is 0 Å². The lowest BCUT2D eigenvalue weighted by atomic mass is 10.3. The molecule has 0 unspecified atom stereocenters. The third-order valence-electron chi connectivity index (χ3n) is 3.62. The number of hydrogen-bond donors (Lipinski definition) is 0. The quantitative estimate of drug-likeness (QED) is 0.627. The molecule has 1 aromatic heterocycles. The van der Waals surface area contributed by atoms with Crippen LogP contribution in [0.25, 0.3) is 5.69 Å². The first kappa shape index (κ1) is 16.5. The van der Waals surface area contributed by atoms with Crippen LogP contribution in [0.1, 0.15) is 5.69 Å². The van der Waals surface area contributed by atoms with Crippen LogP contribution in [0.15, 0.2) is 65.2 Å². The lowest BCUT2D eigenvalue weighted by Gasteiger charge is -2.15. The SMILES string of the molecule is CN(Cc1c([O-])on[n+]1-c1ccccc1)C(=O)COc1ccccc1. The van der Waals surface area contributed by atoms with Gasteiger partial charge in [-0.3, -0.25) is 4.79 Å². The molecule has 1 amide bonds.